The zero-order valence-electron chi connectivity index (χ0n) is 15.2. The van der Waals surface area contributed by atoms with Crippen molar-refractivity contribution in [1.82, 2.24) is 9.80 Å². The van der Waals surface area contributed by atoms with Crippen LogP contribution in [0.4, 0.5) is 0 Å². The second kappa shape index (κ2) is 7.62. The van der Waals surface area contributed by atoms with E-state index in [9.17, 15) is 0 Å². The lowest BCUT2D eigenvalue weighted by molar-refractivity contribution is 0.0461. The molecule has 0 radical (unpaired) electrons. The minimum Gasteiger partial charge on any atom is -0.468 e. The van der Waals surface area contributed by atoms with Crippen molar-refractivity contribution in [3.63, 3.8) is 0 Å². The van der Waals surface area contributed by atoms with E-state index < -0.39 is 0 Å². The molecule has 0 unspecified atom stereocenters. The van der Waals surface area contributed by atoms with E-state index in [0.29, 0.717) is 12.0 Å². The largest absolute Gasteiger partial charge is 0.468 e. The quantitative estimate of drug-likeness (QED) is 0.787. The van der Waals surface area contributed by atoms with Gasteiger partial charge in [0.1, 0.15) is 5.76 Å². The average molecular weight is 361 g/mol. The third-order valence-electron chi connectivity index (χ3n) is 5.57. The van der Waals surface area contributed by atoms with Crippen molar-refractivity contribution in [2.24, 2.45) is 11.8 Å². The number of hydrogen-bond donors (Lipinski definition) is 0. The summed E-state index contributed by atoms with van der Waals surface area (Å²) in [5, 5.41) is 0. The first-order valence-electron chi connectivity index (χ1n) is 9.27. The van der Waals surface area contributed by atoms with Gasteiger partial charge in [0.15, 0.2) is 0 Å². The molecular formula is C20H28N2O2S. The van der Waals surface area contributed by atoms with Gasteiger partial charge in [-0.25, -0.2) is 0 Å². The number of rotatable bonds is 6. The number of nitrogens with zero attached hydrogens (tertiary/aromatic N) is 2. The van der Waals surface area contributed by atoms with Gasteiger partial charge in [0.25, 0.3) is 0 Å². The Bertz CT molecular complexity index is 669. The van der Waals surface area contributed by atoms with E-state index in [1.807, 2.05) is 23.5 Å². The molecule has 4 heterocycles. The topological polar surface area (TPSA) is 28.9 Å². The molecule has 3 atom stereocenters. The highest BCUT2D eigenvalue weighted by atomic mass is 32.1. The van der Waals surface area contributed by atoms with Crippen molar-refractivity contribution >= 4 is 11.3 Å². The Morgan fingerprint density at radius 3 is 3.00 bits per heavy atom. The Balaban J connectivity index is 1.33. The SMILES string of the molecule is Cc1ccc(CN2CC[C@H]3CO[C@H](CN(C)Cc4ccco4)[C@H]3C2)s1. The molecule has 0 amide bonds. The van der Waals surface area contributed by atoms with E-state index in [1.165, 1.54) is 29.3 Å². The molecule has 5 heteroatoms. The Hall–Kier alpha value is -1.14. The normalized spacial score (nSPS) is 27.1. The molecule has 2 aliphatic heterocycles. The number of likely N-dealkylation sites (tertiary alicyclic amines) is 1. The average Bonchev–Trinajstić information content (AvgIpc) is 3.31. The summed E-state index contributed by atoms with van der Waals surface area (Å²) in [6.07, 6.45) is 3.36. The summed E-state index contributed by atoms with van der Waals surface area (Å²) in [7, 11) is 2.16. The van der Waals surface area contributed by atoms with E-state index >= 15 is 0 Å². The molecule has 4 rings (SSSR count). The van der Waals surface area contributed by atoms with Crippen molar-refractivity contribution < 1.29 is 9.15 Å². The zero-order valence-corrected chi connectivity index (χ0v) is 16.0. The molecule has 2 fully saturated rings. The van der Waals surface area contributed by atoms with Crippen molar-refractivity contribution in [2.75, 3.05) is 33.3 Å². The van der Waals surface area contributed by atoms with Crippen LogP contribution in [0.2, 0.25) is 0 Å². The molecule has 0 spiro atoms. The van der Waals surface area contributed by atoms with Gasteiger partial charge < -0.3 is 9.15 Å². The monoisotopic (exact) mass is 360 g/mol. The minimum atomic E-state index is 0.345. The molecule has 0 aromatic carbocycles. The molecular weight excluding hydrogens is 332 g/mol. The fourth-order valence-corrected chi connectivity index (χ4v) is 5.20. The number of furan rings is 1. The number of piperidine rings is 1. The summed E-state index contributed by atoms with van der Waals surface area (Å²) in [4.78, 5) is 7.85. The predicted octanol–water partition coefficient (Wildman–Crippen LogP) is 3.62. The molecule has 2 aromatic heterocycles. The molecule has 2 saturated heterocycles. The molecule has 0 aliphatic carbocycles. The van der Waals surface area contributed by atoms with E-state index in [0.717, 1.165) is 37.9 Å². The summed E-state index contributed by atoms with van der Waals surface area (Å²) in [6, 6.07) is 8.51. The number of ether oxygens (including phenoxy) is 1. The molecule has 136 valence electrons. The molecule has 2 aromatic rings. The smallest absolute Gasteiger partial charge is 0.117 e. The number of likely N-dealkylation sites (N-methyl/N-ethyl adjacent to an activating group) is 1. The van der Waals surface area contributed by atoms with Gasteiger partial charge in [-0.15, -0.1) is 11.3 Å². The maximum Gasteiger partial charge on any atom is 0.117 e. The Morgan fingerprint density at radius 2 is 2.24 bits per heavy atom. The van der Waals surface area contributed by atoms with Gasteiger partial charge in [-0.05, 0) is 57.1 Å². The van der Waals surface area contributed by atoms with Crippen LogP contribution in [0, 0.1) is 18.8 Å². The van der Waals surface area contributed by atoms with Gasteiger partial charge in [-0.1, -0.05) is 0 Å². The highest BCUT2D eigenvalue weighted by Gasteiger charge is 2.41. The fraction of sp³-hybridized carbons (Fsp3) is 0.600. The second-order valence-corrected chi connectivity index (χ2v) is 8.98. The van der Waals surface area contributed by atoms with Gasteiger partial charge >= 0.3 is 0 Å². The fourth-order valence-electron chi connectivity index (χ4n) is 4.26. The van der Waals surface area contributed by atoms with Crippen LogP contribution in [0.25, 0.3) is 0 Å². The Labute approximate surface area is 154 Å². The van der Waals surface area contributed by atoms with Crippen molar-refractivity contribution in [2.45, 2.75) is 32.5 Å². The van der Waals surface area contributed by atoms with Crippen LogP contribution in [0.15, 0.2) is 34.9 Å². The lowest BCUT2D eigenvalue weighted by Crippen LogP contribution is -2.44. The highest BCUT2D eigenvalue weighted by molar-refractivity contribution is 7.11. The molecule has 2 aliphatic rings. The van der Waals surface area contributed by atoms with E-state index in [-0.39, 0.29) is 0 Å². The van der Waals surface area contributed by atoms with Crippen LogP contribution in [0.3, 0.4) is 0 Å². The second-order valence-electron chi connectivity index (χ2n) is 7.61. The van der Waals surface area contributed by atoms with Gasteiger partial charge in [-0.2, -0.15) is 0 Å². The van der Waals surface area contributed by atoms with Crippen molar-refractivity contribution in [3.8, 4) is 0 Å². The lowest BCUT2D eigenvalue weighted by atomic mass is 9.84. The molecule has 0 N–H and O–H groups in total. The lowest BCUT2D eigenvalue weighted by Gasteiger charge is -2.36. The van der Waals surface area contributed by atoms with Crippen LogP contribution in [-0.2, 0) is 17.8 Å². The highest BCUT2D eigenvalue weighted by Crippen LogP contribution is 2.35. The third kappa shape index (κ3) is 4.17. The van der Waals surface area contributed by atoms with Gasteiger partial charge in [0.2, 0.25) is 0 Å². The van der Waals surface area contributed by atoms with Crippen LogP contribution in [0.1, 0.15) is 21.9 Å². The standard InChI is InChI=1S/C20H28N2O2S/c1-15-5-6-18(25-15)11-22-8-7-16-14-24-20(19(16)12-22)13-21(2)10-17-4-3-9-23-17/h3-6,9,16,19-20H,7-8,10-14H2,1-2H3/t16-,19-,20+/m0/s1. The molecule has 25 heavy (non-hydrogen) atoms. The summed E-state index contributed by atoms with van der Waals surface area (Å²) in [5.74, 6) is 2.42. The van der Waals surface area contributed by atoms with Gasteiger partial charge in [0.05, 0.1) is 25.5 Å². The van der Waals surface area contributed by atoms with Crippen LogP contribution in [-0.4, -0.2) is 49.2 Å². The number of thiophene rings is 1. The minimum absolute atomic E-state index is 0.345. The summed E-state index contributed by atoms with van der Waals surface area (Å²) < 4.78 is 11.7. The first-order chi connectivity index (χ1) is 12.2. The van der Waals surface area contributed by atoms with E-state index in [4.69, 9.17) is 9.15 Å². The maximum atomic E-state index is 6.20. The number of hydrogen-bond acceptors (Lipinski definition) is 5. The number of aryl methyl sites for hydroxylation is 1. The Morgan fingerprint density at radius 1 is 1.32 bits per heavy atom. The summed E-state index contributed by atoms with van der Waals surface area (Å²) in [6.45, 7) is 8.43. The van der Waals surface area contributed by atoms with Crippen LogP contribution in [0.5, 0.6) is 0 Å². The first-order valence-corrected chi connectivity index (χ1v) is 10.1. The van der Waals surface area contributed by atoms with E-state index in [2.05, 4.69) is 35.9 Å². The molecule has 4 nitrogen and oxygen atoms in total. The summed E-state index contributed by atoms with van der Waals surface area (Å²) in [5.41, 5.74) is 0. The maximum absolute atomic E-state index is 6.20. The summed E-state index contributed by atoms with van der Waals surface area (Å²) >= 11 is 1.93. The zero-order chi connectivity index (χ0) is 17.2. The van der Waals surface area contributed by atoms with Gasteiger partial charge in [0, 0.05) is 35.3 Å². The van der Waals surface area contributed by atoms with Crippen molar-refractivity contribution in [1.29, 1.82) is 0 Å². The van der Waals surface area contributed by atoms with Crippen LogP contribution >= 0.6 is 11.3 Å². The molecule has 0 saturated carbocycles. The predicted molar refractivity (Wildman–Crippen MR) is 101 cm³/mol. The van der Waals surface area contributed by atoms with Crippen LogP contribution < -0.4 is 0 Å². The number of fused-ring (bicyclic) bond motifs is 1. The van der Waals surface area contributed by atoms with E-state index in [1.54, 1.807) is 6.26 Å². The molecule has 0 bridgehead atoms. The first kappa shape index (κ1) is 17.3. The third-order valence-corrected chi connectivity index (χ3v) is 6.55. The van der Waals surface area contributed by atoms with Crippen molar-refractivity contribution in [3.05, 3.63) is 46.0 Å². The Kier molecular flexibility index (Phi) is 5.27. The van der Waals surface area contributed by atoms with Gasteiger partial charge in [-0.3, -0.25) is 9.80 Å².